The molecular formula is C29H39N3O5S. The van der Waals surface area contributed by atoms with Crippen molar-refractivity contribution in [3.8, 4) is 5.88 Å². The number of sulfonamides is 1. The molecule has 0 amide bonds. The number of anilines is 1. The summed E-state index contributed by atoms with van der Waals surface area (Å²) in [6.45, 7) is 15.0. The van der Waals surface area contributed by atoms with Crippen molar-refractivity contribution in [2.24, 2.45) is 17.3 Å². The number of nitrogens with one attached hydrogen (secondary N) is 1. The van der Waals surface area contributed by atoms with Gasteiger partial charge in [-0.05, 0) is 91.4 Å². The molecule has 0 fully saturated rings. The van der Waals surface area contributed by atoms with Crippen molar-refractivity contribution in [2.45, 2.75) is 72.1 Å². The Morgan fingerprint density at radius 2 is 1.82 bits per heavy atom. The van der Waals surface area contributed by atoms with Crippen molar-refractivity contribution < 1.29 is 22.7 Å². The standard InChI is InChI=1S/C29H39N3O5S/c1-8-9-10-23-17-22(15-16-36-28(33)29(5,6)7)18-25(23)37-27-26(20(3)30-21(4)31-27)32-38(34,35)24-13-11-19(2)12-14-24/h8,11-14,18,22-23,32H,1,9-10,15-17H2,2-7H3/t22-,23-/m0/s1. The van der Waals surface area contributed by atoms with E-state index in [9.17, 15) is 13.2 Å². The van der Waals surface area contributed by atoms with E-state index >= 15 is 0 Å². The fourth-order valence-electron chi connectivity index (χ4n) is 4.23. The summed E-state index contributed by atoms with van der Waals surface area (Å²) in [6.07, 6.45) is 7.07. The van der Waals surface area contributed by atoms with E-state index in [1.54, 1.807) is 38.1 Å². The van der Waals surface area contributed by atoms with E-state index in [0.717, 1.165) is 30.6 Å². The molecule has 8 nitrogen and oxygen atoms in total. The molecule has 206 valence electrons. The molecule has 0 radical (unpaired) electrons. The molecule has 2 atom stereocenters. The number of esters is 1. The average molecular weight is 542 g/mol. The van der Waals surface area contributed by atoms with Crippen LogP contribution in [0.2, 0.25) is 0 Å². The number of nitrogens with zero attached hydrogens (tertiary/aromatic N) is 2. The second kappa shape index (κ2) is 12.1. The second-order valence-electron chi connectivity index (χ2n) is 10.9. The molecule has 1 aromatic heterocycles. The van der Waals surface area contributed by atoms with Crippen LogP contribution in [0.4, 0.5) is 5.69 Å². The Morgan fingerprint density at radius 3 is 2.45 bits per heavy atom. The molecule has 1 aromatic carbocycles. The molecule has 1 heterocycles. The first-order valence-electron chi connectivity index (χ1n) is 12.9. The van der Waals surface area contributed by atoms with Crippen LogP contribution in [-0.4, -0.2) is 31.0 Å². The first kappa shape index (κ1) is 29.4. The lowest BCUT2D eigenvalue weighted by Crippen LogP contribution is -2.23. The van der Waals surface area contributed by atoms with E-state index in [2.05, 4.69) is 21.3 Å². The monoisotopic (exact) mass is 541 g/mol. The lowest BCUT2D eigenvalue weighted by atomic mass is 9.96. The number of aryl methyl sites for hydroxylation is 3. The van der Waals surface area contributed by atoms with Gasteiger partial charge in [-0.25, -0.2) is 13.4 Å². The van der Waals surface area contributed by atoms with E-state index in [-0.39, 0.29) is 34.3 Å². The molecule has 2 aromatic rings. The normalized spacial score (nSPS) is 17.6. The Hall–Kier alpha value is -3.20. The highest BCUT2D eigenvalue weighted by molar-refractivity contribution is 7.92. The minimum absolute atomic E-state index is 0.105. The lowest BCUT2D eigenvalue weighted by Gasteiger charge is -2.19. The summed E-state index contributed by atoms with van der Waals surface area (Å²) in [6, 6.07) is 6.61. The smallest absolute Gasteiger partial charge is 0.311 e. The predicted octanol–water partition coefficient (Wildman–Crippen LogP) is 6.05. The largest absolute Gasteiger partial charge is 0.465 e. The van der Waals surface area contributed by atoms with Gasteiger partial charge in [-0.1, -0.05) is 23.8 Å². The van der Waals surface area contributed by atoms with Crippen LogP contribution in [0.5, 0.6) is 5.88 Å². The van der Waals surface area contributed by atoms with Crippen molar-refractivity contribution in [1.29, 1.82) is 0 Å². The quantitative estimate of drug-likeness (QED) is 0.273. The van der Waals surface area contributed by atoms with Crippen molar-refractivity contribution in [3.63, 3.8) is 0 Å². The van der Waals surface area contributed by atoms with Gasteiger partial charge < -0.3 is 9.47 Å². The van der Waals surface area contributed by atoms with Gasteiger partial charge in [-0.15, -0.1) is 6.58 Å². The van der Waals surface area contributed by atoms with Crippen LogP contribution in [0.25, 0.3) is 0 Å². The Labute approximate surface area is 226 Å². The van der Waals surface area contributed by atoms with Crippen LogP contribution in [-0.2, 0) is 19.6 Å². The molecule has 1 aliphatic rings. The first-order valence-corrected chi connectivity index (χ1v) is 14.4. The second-order valence-corrected chi connectivity index (χ2v) is 12.5. The van der Waals surface area contributed by atoms with Crippen molar-refractivity contribution >= 4 is 21.7 Å². The van der Waals surface area contributed by atoms with Crippen LogP contribution < -0.4 is 9.46 Å². The van der Waals surface area contributed by atoms with Crippen LogP contribution in [0.15, 0.2) is 53.7 Å². The molecule has 0 saturated heterocycles. The third kappa shape index (κ3) is 7.66. The van der Waals surface area contributed by atoms with Gasteiger partial charge in [-0.3, -0.25) is 9.52 Å². The molecule has 0 unspecified atom stereocenters. The number of benzene rings is 1. The molecule has 1 aliphatic carbocycles. The van der Waals surface area contributed by atoms with Gasteiger partial charge in [0.05, 0.1) is 22.6 Å². The summed E-state index contributed by atoms with van der Waals surface area (Å²) in [5.74, 6) is 1.41. The molecule has 9 heteroatoms. The van der Waals surface area contributed by atoms with Crippen LogP contribution in [0.3, 0.4) is 0 Å². The summed E-state index contributed by atoms with van der Waals surface area (Å²) in [5, 5.41) is 0. The SMILES string of the molecule is C=CCC[C@H]1C[C@H](CCOC(=O)C(C)(C)C)C=C1Oc1nc(C)nc(C)c1NS(=O)(=O)c1ccc(C)cc1. The molecule has 0 spiro atoms. The third-order valence-corrected chi connectivity index (χ3v) is 7.76. The lowest BCUT2D eigenvalue weighted by molar-refractivity contribution is -0.153. The van der Waals surface area contributed by atoms with Crippen molar-refractivity contribution in [3.05, 3.63) is 65.8 Å². The maximum atomic E-state index is 13.2. The van der Waals surface area contributed by atoms with Gasteiger partial charge in [0.1, 0.15) is 17.3 Å². The highest BCUT2D eigenvalue weighted by Crippen LogP contribution is 2.39. The number of hydrogen-bond acceptors (Lipinski definition) is 7. The maximum absolute atomic E-state index is 13.2. The zero-order valence-corrected chi connectivity index (χ0v) is 24.0. The molecule has 1 N–H and O–H groups in total. The Balaban J connectivity index is 1.84. The molecule has 38 heavy (non-hydrogen) atoms. The minimum atomic E-state index is -3.88. The zero-order valence-electron chi connectivity index (χ0n) is 23.2. The Morgan fingerprint density at radius 1 is 1.13 bits per heavy atom. The number of aromatic nitrogens is 2. The van der Waals surface area contributed by atoms with E-state index in [1.807, 2.05) is 39.8 Å². The Bertz CT molecular complexity index is 1290. The average Bonchev–Trinajstić information content (AvgIpc) is 3.20. The van der Waals surface area contributed by atoms with Crippen LogP contribution in [0, 0.1) is 38.0 Å². The number of rotatable bonds is 11. The number of ether oxygens (including phenoxy) is 2. The van der Waals surface area contributed by atoms with Gasteiger partial charge in [0, 0.05) is 5.92 Å². The molecular weight excluding hydrogens is 502 g/mol. The van der Waals surface area contributed by atoms with Crippen molar-refractivity contribution in [2.75, 3.05) is 11.3 Å². The maximum Gasteiger partial charge on any atom is 0.311 e. The van der Waals surface area contributed by atoms with E-state index in [1.165, 1.54) is 0 Å². The summed E-state index contributed by atoms with van der Waals surface area (Å²) in [5.41, 5.74) is 1.10. The molecule has 3 rings (SSSR count). The van der Waals surface area contributed by atoms with E-state index in [0.29, 0.717) is 24.5 Å². The van der Waals surface area contributed by atoms with Gasteiger partial charge in [0.2, 0.25) is 5.88 Å². The Kier molecular flexibility index (Phi) is 9.35. The third-order valence-electron chi connectivity index (χ3n) is 6.39. The van der Waals surface area contributed by atoms with Crippen LogP contribution in [0.1, 0.15) is 63.5 Å². The number of carbonyl (C=O) groups excluding carboxylic acids is 1. The number of hydrogen-bond donors (Lipinski definition) is 1. The number of allylic oxidation sites excluding steroid dienone is 3. The van der Waals surface area contributed by atoms with Crippen LogP contribution >= 0.6 is 0 Å². The van der Waals surface area contributed by atoms with Gasteiger partial charge in [-0.2, -0.15) is 4.98 Å². The van der Waals surface area contributed by atoms with E-state index in [4.69, 9.17) is 9.47 Å². The van der Waals surface area contributed by atoms with Crippen molar-refractivity contribution in [1.82, 2.24) is 9.97 Å². The fourth-order valence-corrected chi connectivity index (χ4v) is 5.35. The summed E-state index contributed by atoms with van der Waals surface area (Å²) < 4.78 is 40.7. The zero-order chi connectivity index (χ0) is 28.1. The predicted molar refractivity (Wildman–Crippen MR) is 148 cm³/mol. The highest BCUT2D eigenvalue weighted by atomic mass is 32.2. The summed E-state index contributed by atoms with van der Waals surface area (Å²) >= 11 is 0. The minimum Gasteiger partial charge on any atom is -0.465 e. The van der Waals surface area contributed by atoms with Gasteiger partial charge in [0.15, 0.2) is 0 Å². The first-order chi connectivity index (χ1) is 17.8. The summed E-state index contributed by atoms with van der Waals surface area (Å²) in [7, 11) is -3.88. The highest BCUT2D eigenvalue weighted by Gasteiger charge is 2.31. The molecule has 0 saturated carbocycles. The fraction of sp³-hybridized carbons (Fsp3) is 0.483. The summed E-state index contributed by atoms with van der Waals surface area (Å²) in [4.78, 5) is 21.1. The molecule has 0 aliphatic heterocycles. The van der Waals surface area contributed by atoms with E-state index < -0.39 is 15.4 Å². The molecule has 0 bridgehead atoms. The van der Waals surface area contributed by atoms with Gasteiger partial charge >= 0.3 is 5.97 Å². The topological polar surface area (TPSA) is 107 Å². The number of carbonyl (C=O) groups is 1. The van der Waals surface area contributed by atoms with Gasteiger partial charge in [0.25, 0.3) is 10.0 Å².